The topological polar surface area (TPSA) is 52.9 Å². The Morgan fingerprint density at radius 1 is 1.18 bits per heavy atom. The Morgan fingerprint density at radius 2 is 1.95 bits per heavy atom. The zero-order valence-corrected chi connectivity index (χ0v) is 12.3. The molecule has 2 rings (SSSR count). The molecule has 2 aromatic carbocycles. The van der Waals surface area contributed by atoms with Crippen molar-refractivity contribution in [3.63, 3.8) is 0 Å². The fraction of sp³-hybridized carbons (Fsp3) is 0.125. The van der Waals surface area contributed by atoms with Gasteiger partial charge >= 0.3 is 0 Å². The van der Waals surface area contributed by atoms with Crippen molar-refractivity contribution in [1.29, 1.82) is 5.26 Å². The summed E-state index contributed by atoms with van der Waals surface area (Å²) >= 11 is 1.26. The van der Waals surface area contributed by atoms with Gasteiger partial charge in [-0.3, -0.25) is 4.79 Å². The maximum absolute atomic E-state index is 13.0. The van der Waals surface area contributed by atoms with E-state index in [2.05, 4.69) is 5.32 Å². The molecule has 0 unspecified atom stereocenters. The molecule has 0 aliphatic heterocycles. The van der Waals surface area contributed by atoms with Gasteiger partial charge in [0.25, 0.3) is 0 Å². The predicted molar refractivity (Wildman–Crippen MR) is 81.5 cm³/mol. The number of benzene rings is 2. The fourth-order valence-corrected chi connectivity index (χ4v) is 2.60. The lowest BCUT2D eigenvalue weighted by Gasteiger charge is -2.06. The van der Waals surface area contributed by atoms with Crippen LogP contribution in [-0.4, -0.2) is 11.7 Å². The molecular weight excluding hydrogens is 306 g/mol. The average Bonchev–Trinajstić information content (AvgIpc) is 2.51. The number of rotatable bonds is 5. The summed E-state index contributed by atoms with van der Waals surface area (Å²) in [6.45, 7) is 0. The van der Waals surface area contributed by atoms with Gasteiger partial charge in [0.2, 0.25) is 5.91 Å². The van der Waals surface area contributed by atoms with E-state index in [1.165, 1.54) is 17.8 Å². The van der Waals surface area contributed by atoms with Crippen molar-refractivity contribution >= 4 is 23.4 Å². The molecule has 0 aliphatic carbocycles. The maximum atomic E-state index is 13.0. The van der Waals surface area contributed by atoms with Crippen LogP contribution in [0.15, 0.2) is 47.4 Å². The number of nitrogens with one attached hydrogen (secondary N) is 1. The molecule has 6 heteroatoms. The molecule has 0 heterocycles. The first kappa shape index (κ1) is 16.0. The van der Waals surface area contributed by atoms with Crippen molar-refractivity contribution in [3.05, 3.63) is 59.7 Å². The number of halogens is 2. The minimum atomic E-state index is -0.905. The summed E-state index contributed by atoms with van der Waals surface area (Å²) in [6.07, 6.45) is 0.198. The van der Waals surface area contributed by atoms with Crippen molar-refractivity contribution in [2.45, 2.75) is 11.3 Å². The minimum Gasteiger partial charge on any atom is -0.325 e. The van der Waals surface area contributed by atoms with E-state index in [1.807, 2.05) is 6.07 Å². The first-order valence-electron chi connectivity index (χ1n) is 6.47. The Balaban J connectivity index is 1.85. The minimum absolute atomic E-state index is 0.198. The van der Waals surface area contributed by atoms with Crippen molar-refractivity contribution in [2.24, 2.45) is 0 Å². The van der Waals surface area contributed by atoms with Crippen LogP contribution in [0.4, 0.5) is 14.5 Å². The second-order valence-electron chi connectivity index (χ2n) is 4.38. The Hall–Kier alpha value is -2.39. The lowest BCUT2D eigenvalue weighted by atomic mass is 10.2. The number of para-hydroxylation sites is 1. The zero-order chi connectivity index (χ0) is 15.9. The predicted octanol–water partition coefficient (Wildman–Crippen LogP) is 3.96. The molecule has 0 aromatic heterocycles. The normalized spacial score (nSPS) is 10.0. The van der Waals surface area contributed by atoms with Gasteiger partial charge in [-0.2, -0.15) is 5.26 Å². The lowest BCUT2D eigenvalue weighted by Crippen LogP contribution is -2.13. The van der Waals surface area contributed by atoms with Gasteiger partial charge < -0.3 is 5.32 Å². The van der Waals surface area contributed by atoms with Crippen LogP contribution in [0.2, 0.25) is 0 Å². The molecule has 0 radical (unpaired) electrons. The summed E-state index contributed by atoms with van der Waals surface area (Å²) in [5.74, 6) is -1.61. The van der Waals surface area contributed by atoms with Gasteiger partial charge in [-0.1, -0.05) is 12.1 Å². The molecule has 3 nitrogen and oxygen atoms in total. The number of carbonyl (C=O) groups is 1. The molecular formula is C16H12F2N2OS. The fourth-order valence-electron chi connectivity index (χ4n) is 1.73. The second-order valence-corrected chi connectivity index (χ2v) is 5.55. The number of thioether (sulfide) groups is 1. The Labute approximate surface area is 131 Å². The van der Waals surface area contributed by atoms with E-state index >= 15 is 0 Å². The van der Waals surface area contributed by atoms with Gasteiger partial charge in [0.1, 0.15) is 6.07 Å². The van der Waals surface area contributed by atoms with E-state index in [0.29, 0.717) is 21.9 Å². The molecule has 0 fully saturated rings. The second kappa shape index (κ2) is 7.57. The highest BCUT2D eigenvalue weighted by atomic mass is 32.2. The lowest BCUT2D eigenvalue weighted by molar-refractivity contribution is -0.115. The highest BCUT2D eigenvalue weighted by Gasteiger charge is 2.07. The van der Waals surface area contributed by atoms with Crippen molar-refractivity contribution in [2.75, 3.05) is 11.1 Å². The van der Waals surface area contributed by atoms with Crippen molar-refractivity contribution in [3.8, 4) is 6.07 Å². The Morgan fingerprint density at radius 3 is 2.68 bits per heavy atom. The van der Waals surface area contributed by atoms with Gasteiger partial charge in [-0.05, 0) is 30.3 Å². The standard InChI is InChI=1S/C16H12F2N2OS/c17-13-6-5-12(9-14(13)18)22-8-7-16(21)20-15-4-2-1-3-11(15)10-19/h1-6,9H,7-8H2,(H,20,21). The first-order chi connectivity index (χ1) is 10.6. The van der Waals surface area contributed by atoms with Crippen LogP contribution in [-0.2, 0) is 4.79 Å². The highest BCUT2D eigenvalue weighted by molar-refractivity contribution is 7.99. The molecule has 112 valence electrons. The quantitative estimate of drug-likeness (QED) is 0.849. The number of anilines is 1. The number of nitriles is 1. The van der Waals surface area contributed by atoms with Gasteiger partial charge in [0.15, 0.2) is 11.6 Å². The molecule has 1 amide bonds. The third-order valence-corrected chi connectivity index (χ3v) is 3.81. The molecule has 22 heavy (non-hydrogen) atoms. The Bertz CT molecular complexity index is 728. The van der Waals surface area contributed by atoms with Crippen molar-refractivity contribution in [1.82, 2.24) is 0 Å². The van der Waals surface area contributed by atoms with Crippen molar-refractivity contribution < 1.29 is 13.6 Å². The van der Waals surface area contributed by atoms with Gasteiger partial charge in [-0.15, -0.1) is 11.8 Å². The van der Waals surface area contributed by atoms with Gasteiger partial charge in [-0.25, -0.2) is 8.78 Å². The summed E-state index contributed by atoms with van der Waals surface area (Å²) < 4.78 is 25.8. The van der Waals surface area contributed by atoms with E-state index in [4.69, 9.17) is 5.26 Å². The maximum Gasteiger partial charge on any atom is 0.225 e. The molecule has 0 saturated carbocycles. The van der Waals surface area contributed by atoms with E-state index < -0.39 is 11.6 Å². The van der Waals surface area contributed by atoms with Crippen LogP contribution in [0.3, 0.4) is 0 Å². The summed E-state index contributed by atoms with van der Waals surface area (Å²) in [5.41, 5.74) is 0.858. The number of nitrogens with zero attached hydrogens (tertiary/aromatic N) is 1. The van der Waals surface area contributed by atoms with E-state index in [9.17, 15) is 13.6 Å². The molecule has 1 N–H and O–H groups in total. The molecule has 0 atom stereocenters. The summed E-state index contributed by atoms with van der Waals surface area (Å²) in [6, 6.07) is 12.3. The van der Waals surface area contributed by atoms with Crippen LogP contribution in [0.1, 0.15) is 12.0 Å². The van der Waals surface area contributed by atoms with E-state index in [-0.39, 0.29) is 12.3 Å². The Kier molecular flexibility index (Phi) is 5.50. The van der Waals surface area contributed by atoms with Crippen LogP contribution >= 0.6 is 11.8 Å². The number of hydrogen-bond donors (Lipinski definition) is 1. The highest BCUT2D eigenvalue weighted by Crippen LogP contribution is 2.21. The monoisotopic (exact) mass is 318 g/mol. The van der Waals surface area contributed by atoms with Gasteiger partial charge in [0, 0.05) is 17.1 Å². The third kappa shape index (κ3) is 4.30. The van der Waals surface area contributed by atoms with Crippen LogP contribution in [0, 0.1) is 23.0 Å². The van der Waals surface area contributed by atoms with Crippen LogP contribution in [0.25, 0.3) is 0 Å². The van der Waals surface area contributed by atoms with E-state index in [0.717, 1.165) is 12.1 Å². The number of amides is 1. The largest absolute Gasteiger partial charge is 0.325 e. The molecule has 2 aromatic rings. The average molecular weight is 318 g/mol. The van der Waals surface area contributed by atoms with E-state index in [1.54, 1.807) is 24.3 Å². The first-order valence-corrected chi connectivity index (χ1v) is 7.45. The third-order valence-electron chi connectivity index (χ3n) is 2.81. The molecule has 0 aliphatic rings. The SMILES string of the molecule is N#Cc1ccccc1NC(=O)CCSc1ccc(F)c(F)c1. The summed E-state index contributed by atoms with van der Waals surface area (Å²) in [4.78, 5) is 12.4. The smallest absolute Gasteiger partial charge is 0.225 e. The van der Waals surface area contributed by atoms with Crippen LogP contribution < -0.4 is 5.32 Å². The number of hydrogen-bond acceptors (Lipinski definition) is 3. The molecule has 0 spiro atoms. The zero-order valence-electron chi connectivity index (χ0n) is 11.5. The molecule has 0 bridgehead atoms. The summed E-state index contributed by atoms with van der Waals surface area (Å²) in [5, 5.41) is 11.6. The number of carbonyl (C=O) groups excluding carboxylic acids is 1. The molecule has 0 saturated heterocycles. The summed E-state index contributed by atoms with van der Waals surface area (Å²) in [7, 11) is 0. The van der Waals surface area contributed by atoms with Crippen LogP contribution in [0.5, 0.6) is 0 Å². The van der Waals surface area contributed by atoms with Gasteiger partial charge in [0.05, 0.1) is 11.3 Å².